The largest absolute Gasteiger partial charge is 0.628 e. The number of H-pyrrole nitrogens is 1. The lowest BCUT2D eigenvalue weighted by Crippen LogP contribution is -3.08. The number of rotatable bonds is 4. The second-order valence-electron chi connectivity index (χ2n) is 7.47. The predicted octanol–water partition coefficient (Wildman–Crippen LogP) is 1.46. The van der Waals surface area contributed by atoms with E-state index >= 15 is 0 Å². The maximum absolute atomic E-state index is 13.0. The number of aromatic nitrogens is 1. The third-order valence-electron chi connectivity index (χ3n) is 5.81. The maximum Gasteiger partial charge on any atom is 0.441 e. The molecule has 0 radical (unpaired) electrons. The third kappa shape index (κ3) is 2.72. The summed E-state index contributed by atoms with van der Waals surface area (Å²) >= 11 is 0. The minimum Gasteiger partial charge on any atom is -0.628 e. The van der Waals surface area contributed by atoms with Crippen molar-refractivity contribution >= 4 is 34.3 Å². The number of nitrogens with two attached hydrogens (primary N) is 1. The topological polar surface area (TPSA) is 58.7 Å². The normalized spacial score (nSPS) is 18.3. The number of carbonyl (C=O) groups excluding carboxylic acids is 1. The highest BCUT2D eigenvalue weighted by Gasteiger charge is 2.50. The number of hydrogen-bond donors (Lipinski definition) is 2. The molecule has 1 aliphatic rings. The van der Waals surface area contributed by atoms with E-state index in [4.69, 9.17) is 4.65 Å². The summed E-state index contributed by atoms with van der Waals surface area (Å²) in [4.78, 5) is 16.3. The van der Waals surface area contributed by atoms with Gasteiger partial charge in [-0.2, -0.15) is 0 Å². The number of fused-ring (bicyclic) bond motifs is 1. The van der Waals surface area contributed by atoms with Crippen molar-refractivity contribution in [2.45, 2.75) is 12.5 Å². The van der Waals surface area contributed by atoms with E-state index in [0.717, 1.165) is 27.4 Å². The van der Waals surface area contributed by atoms with Gasteiger partial charge in [0.05, 0.1) is 0 Å². The molecule has 28 heavy (non-hydrogen) atoms. The van der Waals surface area contributed by atoms with Gasteiger partial charge in [0, 0.05) is 23.5 Å². The van der Waals surface area contributed by atoms with Crippen LogP contribution < -0.4 is 16.2 Å². The Morgan fingerprint density at radius 2 is 1.46 bits per heavy atom. The van der Waals surface area contributed by atoms with E-state index in [1.165, 1.54) is 0 Å². The van der Waals surface area contributed by atoms with Gasteiger partial charge in [-0.15, -0.1) is 0 Å². The van der Waals surface area contributed by atoms with Crippen LogP contribution in [0.1, 0.15) is 5.56 Å². The van der Waals surface area contributed by atoms with Gasteiger partial charge in [0.25, 0.3) is 0 Å². The predicted molar refractivity (Wildman–Crippen MR) is 112 cm³/mol. The number of para-hydroxylation sites is 1. The van der Waals surface area contributed by atoms with E-state index in [0.29, 0.717) is 6.42 Å². The molecule has 4 aromatic rings. The van der Waals surface area contributed by atoms with Gasteiger partial charge >= 0.3 is 12.5 Å². The Morgan fingerprint density at radius 1 is 0.857 bits per heavy atom. The SMILES string of the molecule is O=C1O[B-](c2ccccc2)(c2ccccc2)[NH2+][C@H]1Cc1c[nH]c2ccccc12. The molecule has 5 heteroatoms. The highest BCUT2D eigenvalue weighted by atomic mass is 16.5. The highest BCUT2D eigenvalue weighted by Crippen LogP contribution is 2.20. The zero-order chi connectivity index (χ0) is 19.0. The summed E-state index contributed by atoms with van der Waals surface area (Å²) in [5.41, 5.74) is 4.29. The zero-order valence-corrected chi connectivity index (χ0v) is 15.4. The molecular weight excluding hydrogens is 347 g/mol. The smallest absolute Gasteiger partial charge is 0.441 e. The number of nitrogens with one attached hydrogen (secondary N) is 1. The first-order valence-corrected chi connectivity index (χ1v) is 9.66. The van der Waals surface area contributed by atoms with Gasteiger partial charge < -0.3 is 14.9 Å². The average molecular weight is 368 g/mol. The molecule has 0 saturated carbocycles. The Balaban J connectivity index is 1.53. The van der Waals surface area contributed by atoms with Gasteiger partial charge in [-0.1, -0.05) is 89.8 Å². The van der Waals surface area contributed by atoms with Crippen molar-refractivity contribution < 1.29 is 14.7 Å². The lowest BCUT2D eigenvalue weighted by molar-refractivity contribution is -0.548. The second-order valence-corrected chi connectivity index (χ2v) is 7.47. The monoisotopic (exact) mass is 368 g/mol. The molecular formula is C23H21BN2O2. The first-order chi connectivity index (χ1) is 13.8. The lowest BCUT2D eigenvalue weighted by atomic mass is 9.42. The molecule has 5 rings (SSSR count). The average Bonchev–Trinajstić information content (AvgIpc) is 3.32. The van der Waals surface area contributed by atoms with Crippen molar-refractivity contribution in [2.75, 3.05) is 0 Å². The number of hydrogen-bond acceptors (Lipinski definition) is 2. The highest BCUT2D eigenvalue weighted by molar-refractivity contribution is 6.92. The minimum atomic E-state index is -1.68. The third-order valence-corrected chi connectivity index (χ3v) is 5.81. The van der Waals surface area contributed by atoms with Crippen LogP contribution in [0.25, 0.3) is 10.9 Å². The summed E-state index contributed by atoms with van der Waals surface area (Å²) in [5.74, 6) is -0.155. The van der Waals surface area contributed by atoms with Crippen molar-refractivity contribution in [2.24, 2.45) is 0 Å². The molecule has 3 N–H and O–H groups in total. The molecule has 4 nitrogen and oxygen atoms in total. The van der Waals surface area contributed by atoms with Crippen molar-refractivity contribution in [3.8, 4) is 0 Å². The Kier molecular flexibility index (Phi) is 4.03. The zero-order valence-electron chi connectivity index (χ0n) is 15.4. The first kappa shape index (κ1) is 16.8. The minimum absolute atomic E-state index is 0.155. The van der Waals surface area contributed by atoms with Crippen LogP contribution in [0.15, 0.2) is 91.1 Å². The Labute approximate surface area is 163 Å². The van der Waals surface area contributed by atoms with E-state index in [2.05, 4.69) is 22.3 Å². The molecule has 0 amide bonds. The summed E-state index contributed by atoms with van der Waals surface area (Å²) in [5, 5.41) is 3.29. The van der Waals surface area contributed by atoms with Gasteiger partial charge in [-0.3, -0.25) is 0 Å². The molecule has 1 fully saturated rings. The molecule has 0 bridgehead atoms. The fourth-order valence-corrected chi connectivity index (χ4v) is 4.43. The van der Waals surface area contributed by atoms with Crippen LogP contribution in [0.2, 0.25) is 0 Å². The number of quaternary nitrogens is 1. The van der Waals surface area contributed by atoms with Crippen LogP contribution in [-0.4, -0.2) is 23.5 Å². The fourth-order valence-electron chi connectivity index (χ4n) is 4.43. The second kappa shape index (κ2) is 6.70. The van der Waals surface area contributed by atoms with Gasteiger partial charge in [-0.05, 0) is 11.6 Å². The molecule has 1 atom stereocenters. The van der Waals surface area contributed by atoms with Gasteiger partial charge in [0.1, 0.15) is 6.04 Å². The van der Waals surface area contributed by atoms with Crippen LogP contribution in [0.4, 0.5) is 0 Å². The number of benzene rings is 3. The molecule has 2 heterocycles. The Bertz CT molecular complexity index is 1090. The number of carbonyl (C=O) groups is 1. The Morgan fingerprint density at radius 3 is 2.14 bits per heavy atom. The summed E-state index contributed by atoms with van der Waals surface area (Å²) in [6, 6.07) is 28.0. The number of aromatic amines is 1. The molecule has 3 aromatic carbocycles. The molecule has 138 valence electrons. The van der Waals surface area contributed by atoms with E-state index in [1.54, 1.807) is 0 Å². The van der Waals surface area contributed by atoms with E-state index in [-0.39, 0.29) is 12.0 Å². The van der Waals surface area contributed by atoms with Crippen LogP contribution in [-0.2, 0) is 15.9 Å². The van der Waals surface area contributed by atoms with Crippen molar-refractivity contribution in [3.05, 3.63) is 96.7 Å². The van der Waals surface area contributed by atoms with Crippen molar-refractivity contribution in [1.29, 1.82) is 0 Å². The van der Waals surface area contributed by atoms with Gasteiger partial charge in [0.15, 0.2) is 0 Å². The van der Waals surface area contributed by atoms with E-state index < -0.39 is 6.48 Å². The van der Waals surface area contributed by atoms with E-state index in [1.807, 2.05) is 79.0 Å². The van der Waals surface area contributed by atoms with E-state index in [9.17, 15) is 4.79 Å². The summed E-state index contributed by atoms with van der Waals surface area (Å²) in [6.07, 6.45) is 2.63. The quantitative estimate of drug-likeness (QED) is 0.536. The fraction of sp³-hybridized carbons (Fsp3) is 0.0870. The molecule has 0 spiro atoms. The lowest BCUT2D eigenvalue weighted by Gasteiger charge is -2.31. The van der Waals surface area contributed by atoms with Crippen molar-refractivity contribution in [3.63, 3.8) is 0 Å². The molecule has 1 aromatic heterocycles. The van der Waals surface area contributed by atoms with Crippen LogP contribution in [0, 0.1) is 0 Å². The van der Waals surface area contributed by atoms with Crippen LogP contribution in [0.3, 0.4) is 0 Å². The maximum atomic E-state index is 13.0. The molecule has 0 unspecified atom stereocenters. The molecule has 0 aliphatic carbocycles. The molecule has 1 aliphatic heterocycles. The standard InChI is InChI=1S/C23H21BN2O2/c27-23-22(15-17-16-25-21-14-8-7-13-20(17)21)26-24(28-23,18-9-3-1-4-10-18)19-11-5-2-6-12-19/h1-14,16,22,25H,15,26H2/t22-/m0/s1. The summed E-state index contributed by atoms with van der Waals surface area (Å²) < 4.78 is 6.15. The molecule has 1 saturated heterocycles. The summed E-state index contributed by atoms with van der Waals surface area (Å²) in [6.45, 7) is -1.68. The first-order valence-electron chi connectivity index (χ1n) is 9.66. The van der Waals surface area contributed by atoms with Crippen LogP contribution in [0.5, 0.6) is 0 Å². The summed E-state index contributed by atoms with van der Waals surface area (Å²) in [7, 11) is 0. The van der Waals surface area contributed by atoms with Gasteiger partial charge in [0.2, 0.25) is 0 Å². The van der Waals surface area contributed by atoms with Crippen LogP contribution >= 0.6 is 0 Å². The van der Waals surface area contributed by atoms with Gasteiger partial charge in [-0.25, -0.2) is 4.79 Å². The Hall–Kier alpha value is -3.31. The van der Waals surface area contributed by atoms with Crippen molar-refractivity contribution in [1.82, 2.24) is 4.98 Å².